The van der Waals surface area contributed by atoms with Gasteiger partial charge in [-0.1, -0.05) is 19.1 Å². The van der Waals surface area contributed by atoms with Gasteiger partial charge in [-0.05, 0) is 48.6 Å². The molecule has 1 saturated heterocycles. The Labute approximate surface area is 164 Å². The smallest absolute Gasteiger partial charge is 0.253 e. The molecular formula is C21H24N6O. The number of aromatic nitrogens is 4. The Morgan fingerprint density at radius 1 is 1.14 bits per heavy atom. The van der Waals surface area contributed by atoms with E-state index in [-0.39, 0.29) is 5.91 Å². The number of nitrogens with zero attached hydrogens (tertiary/aromatic N) is 5. The lowest BCUT2D eigenvalue weighted by molar-refractivity contribution is 0.0950. The van der Waals surface area contributed by atoms with Gasteiger partial charge in [-0.25, -0.2) is 4.98 Å². The lowest BCUT2D eigenvalue weighted by Gasteiger charge is -2.32. The third-order valence-corrected chi connectivity index (χ3v) is 5.10. The highest BCUT2D eigenvalue weighted by Crippen LogP contribution is 2.23. The first-order valence-electron chi connectivity index (χ1n) is 9.62. The fourth-order valence-electron chi connectivity index (χ4n) is 3.53. The van der Waals surface area contributed by atoms with E-state index in [1.54, 1.807) is 35.6 Å². The van der Waals surface area contributed by atoms with Gasteiger partial charge < -0.3 is 10.2 Å². The number of hydrogen-bond acceptors (Lipinski definition) is 5. The Morgan fingerprint density at radius 2 is 1.93 bits per heavy atom. The van der Waals surface area contributed by atoms with Gasteiger partial charge in [-0.3, -0.25) is 9.36 Å². The van der Waals surface area contributed by atoms with Gasteiger partial charge in [0, 0.05) is 31.5 Å². The van der Waals surface area contributed by atoms with Gasteiger partial charge in [0.15, 0.2) is 0 Å². The number of benzene rings is 1. The molecule has 3 heterocycles. The van der Waals surface area contributed by atoms with Gasteiger partial charge in [0.1, 0.15) is 18.5 Å². The van der Waals surface area contributed by atoms with E-state index in [2.05, 4.69) is 56.6 Å². The summed E-state index contributed by atoms with van der Waals surface area (Å²) in [4.78, 5) is 19.1. The first kappa shape index (κ1) is 18.2. The number of piperidine rings is 1. The number of pyridine rings is 1. The van der Waals surface area contributed by atoms with Gasteiger partial charge >= 0.3 is 0 Å². The molecule has 1 fully saturated rings. The quantitative estimate of drug-likeness (QED) is 0.741. The average molecular weight is 376 g/mol. The number of hydrogen-bond donors (Lipinski definition) is 1. The number of amides is 1. The Kier molecular flexibility index (Phi) is 5.32. The van der Waals surface area contributed by atoms with Crippen molar-refractivity contribution in [3.8, 4) is 5.82 Å². The molecule has 2 aromatic heterocycles. The molecule has 0 spiro atoms. The number of nitrogens with one attached hydrogen (secondary N) is 1. The van der Waals surface area contributed by atoms with Crippen molar-refractivity contribution in [1.82, 2.24) is 25.1 Å². The van der Waals surface area contributed by atoms with Crippen LogP contribution in [0.3, 0.4) is 0 Å². The molecule has 1 amide bonds. The van der Waals surface area contributed by atoms with Crippen molar-refractivity contribution in [3.05, 3.63) is 66.4 Å². The van der Waals surface area contributed by atoms with Crippen LogP contribution in [0.25, 0.3) is 5.82 Å². The highest BCUT2D eigenvalue weighted by atomic mass is 16.1. The van der Waals surface area contributed by atoms with E-state index in [9.17, 15) is 4.79 Å². The Bertz CT molecular complexity index is 905. The zero-order chi connectivity index (χ0) is 19.3. The highest BCUT2D eigenvalue weighted by molar-refractivity contribution is 5.93. The van der Waals surface area contributed by atoms with Crippen molar-refractivity contribution < 1.29 is 4.79 Å². The first-order chi connectivity index (χ1) is 13.7. The second-order valence-electron chi connectivity index (χ2n) is 7.32. The molecule has 1 N–H and O–H groups in total. The largest absolute Gasteiger partial charge is 0.371 e. The second kappa shape index (κ2) is 8.21. The van der Waals surface area contributed by atoms with E-state index < -0.39 is 0 Å². The fourth-order valence-corrected chi connectivity index (χ4v) is 3.53. The van der Waals surface area contributed by atoms with Gasteiger partial charge in [0.05, 0.1) is 5.56 Å². The van der Waals surface area contributed by atoms with Gasteiger partial charge in [0.25, 0.3) is 5.91 Å². The van der Waals surface area contributed by atoms with Crippen LogP contribution < -0.4 is 10.2 Å². The van der Waals surface area contributed by atoms with Crippen molar-refractivity contribution in [2.75, 3.05) is 18.0 Å². The summed E-state index contributed by atoms with van der Waals surface area (Å²) in [7, 11) is 0. The zero-order valence-corrected chi connectivity index (χ0v) is 16.0. The Morgan fingerprint density at radius 3 is 2.61 bits per heavy atom. The summed E-state index contributed by atoms with van der Waals surface area (Å²) in [5.41, 5.74) is 2.86. The van der Waals surface area contributed by atoms with Crippen LogP contribution in [-0.4, -0.2) is 38.7 Å². The monoisotopic (exact) mass is 376 g/mol. The maximum absolute atomic E-state index is 12.4. The van der Waals surface area contributed by atoms with Crippen LogP contribution in [0.2, 0.25) is 0 Å². The number of anilines is 1. The minimum atomic E-state index is -0.142. The summed E-state index contributed by atoms with van der Waals surface area (Å²) in [5.74, 6) is 1.28. The van der Waals surface area contributed by atoms with Crippen LogP contribution in [-0.2, 0) is 6.54 Å². The minimum Gasteiger partial charge on any atom is -0.371 e. The molecule has 1 aliphatic heterocycles. The molecule has 0 aliphatic carbocycles. The lowest BCUT2D eigenvalue weighted by Crippen LogP contribution is -2.34. The summed E-state index contributed by atoms with van der Waals surface area (Å²) >= 11 is 0. The normalized spacial score (nSPS) is 16.8. The topological polar surface area (TPSA) is 75.9 Å². The standard InChI is InChI=1S/C21H24N6O/c1-16-3-2-10-26(13-16)19-7-4-17(5-8-19)11-23-21(28)18-6-9-20(22-12-18)27-14-24-25-15-27/h4-9,12,14-16H,2-3,10-11,13H2,1H3,(H,23,28)/t16-/m0/s1. The van der Waals surface area contributed by atoms with E-state index >= 15 is 0 Å². The van der Waals surface area contributed by atoms with Crippen LogP contribution in [0.5, 0.6) is 0 Å². The molecule has 7 nitrogen and oxygen atoms in total. The van der Waals surface area contributed by atoms with Crippen molar-refractivity contribution >= 4 is 11.6 Å². The summed E-state index contributed by atoms with van der Waals surface area (Å²) < 4.78 is 1.69. The van der Waals surface area contributed by atoms with E-state index in [0.29, 0.717) is 17.9 Å². The molecule has 3 aromatic rings. The minimum absolute atomic E-state index is 0.142. The van der Waals surface area contributed by atoms with Crippen LogP contribution in [0, 0.1) is 5.92 Å². The molecule has 28 heavy (non-hydrogen) atoms. The van der Waals surface area contributed by atoms with Crippen molar-refractivity contribution in [2.24, 2.45) is 5.92 Å². The fraction of sp³-hybridized carbons (Fsp3) is 0.333. The molecule has 144 valence electrons. The van der Waals surface area contributed by atoms with Crippen LogP contribution in [0.15, 0.2) is 55.2 Å². The van der Waals surface area contributed by atoms with Gasteiger partial charge in [0.2, 0.25) is 0 Å². The SMILES string of the molecule is C[C@H]1CCCN(c2ccc(CNC(=O)c3ccc(-n4cnnc4)nc3)cc2)C1. The van der Waals surface area contributed by atoms with Crippen molar-refractivity contribution in [1.29, 1.82) is 0 Å². The summed E-state index contributed by atoms with van der Waals surface area (Å²) in [6.07, 6.45) is 7.26. The molecule has 0 saturated carbocycles. The maximum Gasteiger partial charge on any atom is 0.253 e. The van der Waals surface area contributed by atoms with Crippen LogP contribution in [0.4, 0.5) is 5.69 Å². The summed E-state index contributed by atoms with van der Waals surface area (Å²) in [5, 5.41) is 10.5. The molecule has 1 aliphatic rings. The first-order valence-corrected chi connectivity index (χ1v) is 9.62. The molecule has 1 aromatic carbocycles. The van der Waals surface area contributed by atoms with E-state index in [1.165, 1.54) is 18.5 Å². The maximum atomic E-state index is 12.4. The van der Waals surface area contributed by atoms with E-state index in [0.717, 1.165) is 24.6 Å². The van der Waals surface area contributed by atoms with Gasteiger partial charge in [-0.2, -0.15) is 0 Å². The Hall–Kier alpha value is -3.22. The molecule has 0 radical (unpaired) electrons. The van der Waals surface area contributed by atoms with Gasteiger partial charge in [-0.15, -0.1) is 10.2 Å². The second-order valence-corrected chi connectivity index (χ2v) is 7.32. The van der Waals surface area contributed by atoms with Crippen molar-refractivity contribution in [3.63, 3.8) is 0 Å². The summed E-state index contributed by atoms with van der Waals surface area (Å²) in [6, 6.07) is 12.0. The molecule has 1 atom stereocenters. The van der Waals surface area contributed by atoms with Crippen LogP contribution >= 0.6 is 0 Å². The number of carbonyl (C=O) groups is 1. The number of rotatable bonds is 5. The van der Waals surface area contributed by atoms with E-state index in [4.69, 9.17) is 0 Å². The molecule has 4 rings (SSSR count). The molecule has 7 heteroatoms. The average Bonchev–Trinajstić information content (AvgIpc) is 3.27. The third-order valence-electron chi connectivity index (χ3n) is 5.10. The van der Waals surface area contributed by atoms with Crippen LogP contribution in [0.1, 0.15) is 35.7 Å². The molecule has 0 bridgehead atoms. The predicted molar refractivity (Wildman–Crippen MR) is 107 cm³/mol. The zero-order valence-electron chi connectivity index (χ0n) is 16.0. The summed E-state index contributed by atoms with van der Waals surface area (Å²) in [6.45, 7) is 5.04. The van der Waals surface area contributed by atoms with E-state index in [1.807, 2.05) is 0 Å². The lowest BCUT2D eigenvalue weighted by atomic mass is 9.99. The highest BCUT2D eigenvalue weighted by Gasteiger charge is 2.16. The number of carbonyl (C=O) groups excluding carboxylic acids is 1. The third kappa shape index (κ3) is 4.19. The molecular weight excluding hydrogens is 352 g/mol. The Balaban J connectivity index is 1.33. The predicted octanol–water partition coefficient (Wildman–Crippen LogP) is 2.83. The molecule has 0 unspecified atom stereocenters. The van der Waals surface area contributed by atoms with Crippen molar-refractivity contribution in [2.45, 2.75) is 26.3 Å².